The molecule has 0 aromatic rings. The zero-order valence-electron chi connectivity index (χ0n) is 5.21. The summed E-state index contributed by atoms with van der Waals surface area (Å²) >= 11 is 5.58. The van der Waals surface area contributed by atoms with Gasteiger partial charge in [-0.15, -0.1) is 0 Å². The van der Waals surface area contributed by atoms with Gasteiger partial charge in [-0.2, -0.15) is 0 Å². The average molecular weight is 160 g/mol. The Bertz CT molecular complexity index is 220. The van der Waals surface area contributed by atoms with Gasteiger partial charge in [0.25, 0.3) is 0 Å². The third kappa shape index (κ3) is 1.57. The van der Waals surface area contributed by atoms with Gasteiger partial charge in [-0.1, -0.05) is 11.6 Å². The van der Waals surface area contributed by atoms with Crippen LogP contribution >= 0.6 is 11.6 Å². The number of nitro groups is 1. The summed E-state index contributed by atoms with van der Waals surface area (Å²) in [5, 5.41) is 10.8. The molecule has 0 saturated heterocycles. The molecule has 0 unspecified atom stereocenters. The molecule has 0 aromatic carbocycles. The lowest BCUT2D eigenvalue weighted by atomic mass is 10.1. The normalized spacial score (nSPS) is 17.7. The molecule has 1 rings (SSSR count). The highest BCUT2D eigenvalue weighted by Gasteiger charge is 2.13. The summed E-state index contributed by atoms with van der Waals surface area (Å²) in [4.78, 5) is 9.75. The van der Waals surface area contributed by atoms with Crippen molar-refractivity contribution in [3.8, 4) is 0 Å². The van der Waals surface area contributed by atoms with Crippen LogP contribution in [0.4, 0.5) is 0 Å². The molecule has 0 aliphatic heterocycles. The number of halogens is 1. The van der Waals surface area contributed by atoms with E-state index >= 15 is 0 Å². The van der Waals surface area contributed by atoms with Gasteiger partial charge in [-0.25, -0.2) is 0 Å². The Morgan fingerprint density at radius 1 is 1.50 bits per heavy atom. The molecule has 0 spiro atoms. The number of hydrogen-bond donors (Lipinski definition) is 0. The van der Waals surface area contributed by atoms with Gasteiger partial charge < -0.3 is 0 Å². The standard InChI is InChI=1S/C6H6ClNO2/c7-5-1-3-6(4-2-5)8(9)10/h1,3H,2,4H2. The molecular weight excluding hydrogens is 154 g/mol. The molecule has 0 aromatic heterocycles. The molecule has 0 fully saturated rings. The summed E-state index contributed by atoms with van der Waals surface area (Å²) in [6, 6.07) is 0. The van der Waals surface area contributed by atoms with Crippen molar-refractivity contribution < 1.29 is 4.92 Å². The fraction of sp³-hybridized carbons (Fsp3) is 0.333. The molecule has 1 aliphatic carbocycles. The van der Waals surface area contributed by atoms with E-state index in [-0.39, 0.29) is 10.6 Å². The first-order chi connectivity index (χ1) is 4.70. The minimum absolute atomic E-state index is 0.240. The van der Waals surface area contributed by atoms with Crippen LogP contribution in [-0.4, -0.2) is 4.92 Å². The van der Waals surface area contributed by atoms with Gasteiger partial charge in [0.1, 0.15) is 0 Å². The SMILES string of the molecule is O=[N+]([O-])C1=CC=C(Cl)CC1. The highest BCUT2D eigenvalue weighted by atomic mass is 35.5. The lowest BCUT2D eigenvalue weighted by Crippen LogP contribution is -2.00. The van der Waals surface area contributed by atoms with Gasteiger partial charge in [0.05, 0.1) is 4.92 Å². The summed E-state index contributed by atoms with van der Waals surface area (Å²) in [5.74, 6) is 0. The van der Waals surface area contributed by atoms with Gasteiger partial charge in [0.15, 0.2) is 0 Å². The van der Waals surface area contributed by atoms with Crippen molar-refractivity contribution in [3.05, 3.63) is 33.0 Å². The van der Waals surface area contributed by atoms with Crippen molar-refractivity contribution in [3.63, 3.8) is 0 Å². The maximum atomic E-state index is 10.1. The molecule has 54 valence electrons. The van der Waals surface area contributed by atoms with Gasteiger partial charge in [0.2, 0.25) is 5.70 Å². The van der Waals surface area contributed by atoms with Crippen molar-refractivity contribution in [1.82, 2.24) is 0 Å². The Labute approximate surface area is 63.1 Å². The van der Waals surface area contributed by atoms with E-state index < -0.39 is 0 Å². The molecule has 0 N–H and O–H groups in total. The Kier molecular flexibility index (Phi) is 2.06. The Hall–Kier alpha value is -0.830. The van der Waals surface area contributed by atoms with Crippen LogP contribution in [0.3, 0.4) is 0 Å². The largest absolute Gasteiger partial charge is 0.259 e. The number of rotatable bonds is 1. The fourth-order valence-corrected chi connectivity index (χ4v) is 0.910. The van der Waals surface area contributed by atoms with Crippen LogP contribution in [0.5, 0.6) is 0 Å². The fourth-order valence-electron chi connectivity index (χ4n) is 0.753. The molecule has 1 aliphatic rings. The van der Waals surface area contributed by atoms with E-state index in [9.17, 15) is 10.1 Å². The first-order valence-electron chi connectivity index (χ1n) is 2.90. The van der Waals surface area contributed by atoms with Gasteiger partial charge in [-0.3, -0.25) is 10.1 Å². The van der Waals surface area contributed by atoms with E-state index in [0.29, 0.717) is 17.9 Å². The second kappa shape index (κ2) is 2.84. The lowest BCUT2D eigenvalue weighted by molar-refractivity contribution is -0.428. The van der Waals surface area contributed by atoms with Crippen LogP contribution < -0.4 is 0 Å². The lowest BCUT2D eigenvalue weighted by Gasteiger charge is -2.01. The van der Waals surface area contributed by atoms with Crippen LogP contribution in [0.15, 0.2) is 22.9 Å². The van der Waals surface area contributed by atoms with Crippen molar-refractivity contribution in [2.75, 3.05) is 0 Å². The van der Waals surface area contributed by atoms with Crippen LogP contribution in [0.1, 0.15) is 12.8 Å². The summed E-state index contributed by atoms with van der Waals surface area (Å²) < 4.78 is 0. The zero-order chi connectivity index (χ0) is 7.56. The second-order valence-corrected chi connectivity index (χ2v) is 2.51. The van der Waals surface area contributed by atoms with Crippen molar-refractivity contribution in [1.29, 1.82) is 0 Å². The summed E-state index contributed by atoms with van der Waals surface area (Å²) in [6.07, 6.45) is 4.06. The van der Waals surface area contributed by atoms with Gasteiger partial charge in [-0.05, 0) is 12.5 Å². The monoisotopic (exact) mass is 159 g/mol. The predicted molar refractivity (Wildman–Crippen MR) is 38.2 cm³/mol. The maximum Gasteiger partial charge on any atom is 0.246 e. The number of allylic oxidation sites excluding steroid dienone is 4. The minimum Gasteiger partial charge on any atom is -0.259 e. The molecule has 0 atom stereocenters. The van der Waals surface area contributed by atoms with E-state index in [1.54, 1.807) is 6.08 Å². The van der Waals surface area contributed by atoms with Crippen LogP contribution in [0, 0.1) is 10.1 Å². The van der Waals surface area contributed by atoms with E-state index in [2.05, 4.69) is 0 Å². The van der Waals surface area contributed by atoms with E-state index in [1.165, 1.54) is 6.08 Å². The predicted octanol–water partition coefficient (Wildman–Crippen LogP) is 2.06. The van der Waals surface area contributed by atoms with Gasteiger partial charge >= 0.3 is 0 Å². The Morgan fingerprint density at radius 3 is 2.60 bits per heavy atom. The quantitative estimate of drug-likeness (QED) is 0.434. The minimum atomic E-state index is -0.375. The Balaban J connectivity index is 2.74. The van der Waals surface area contributed by atoms with E-state index in [4.69, 9.17) is 11.6 Å². The molecule has 0 saturated carbocycles. The average Bonchev–Trinajstić information content (AvgIpc) is 1.88. The first-order valence-corrected chi connectivity index (χ1v) is 3.27. The third-order valence-corrected chi connectivity index (χ3v) is 1.63. The molecule has 0 heterocycles. The van der Waals surface area contributed by atoms with Crippen molar-refractivity contribution in [2.24, 2.45) is 0 Å². The third-order valence-electron chi connectivity index (χ3n) is 1.31. The molecule has 0 bridgehead atoms. The number of hydrogen-bond acceptors (Lipinski definition) is 2. The van der Waals surface area contributed by atoms with E-state index in [0.717, 1.165) is 0 Å². The molecular formula is C6H6ClNO2. The van der Waals surface area contributed by atoms with Crippen molar-refractivity contribution in [2.45, 2.75) is 12.8 Å². The molecule has 0 radical (unpaired) electrons. The first kappa shape index (κ1) is 7.28. The van der Waals surface area contributed by atoms with E-state index in [1.807, 2.05) is 0 Å². The van der Waals surface area contributed by atoms with Gasteiger partial charge in [0, 0.05) is 17.5 Å². The van der Waals surface area contributed by atoms with Crippen LogP contribution in [0.2, 0.25) is 0 Å². The Morgan fingerprint density at radius 2 is 2.20 bits per heavy atom. The topological polar surface area (TPSA) is 43.1 Å². The molecule has 0 amide bonds. The molecule has 10 heavy (non-hydrogen) atoms. The summed E-state index contributed by atoms with van der Waals surface area (Å²) in [5.41, 5.74) is 0.240. The smallest absolute Gasteiger partial charge is 0.246 e. The van der Waals surface area contributed by atoms with Crippen LogP contribution in [0.25, 0.3) is 0 Å². The van der Waals surface area contributed by atoms with Crippen molar-refractivity contribution >= 4 is 11.6 Å². The second-order valence-electron chi connectivity index (χ2n) is 2.03. The highest BCUT2D eigenvalue weighted by molar-refractivity contribution is 6.29. The maximum absolute atomic E-state index is 10.1. The number of nitrogens with zero attached hydrogens (tertiary/aromatic N) is 1. The molecule has 3 nitrogen and oxygen atoms in total. The molecule has 4 heteroatoms. The van der Waals surface area contributed by atoms with Crippen LogP contribution in [-0.2, 0) is 0 Å². The highest BCUT2D eigenvalue weighted by Crippen LogP contribution is 2.20. The summed E-state index contributed by atoms with van der Waals surface area (Å²) in [6.45, 7) is 0. The zero-order valence-corrected chi connectivity index (χ0v) is 5.97. The summed E-state index contributed by atoms with van der Waals surface area (Å²) in [7, 11) is 0.